The van der Waals surface area contributed by atoms with Crippen molar-refractivity contribution in [2.75, 3.05) is 23.8 Å². The normalized spacial score (nSPS) is 9.63. The van der Waals surface area contributed by atoms with Gasteiger partial charge in [0.2, 0.25) is 5.91 Å². The van der Waals surface area contributed by atoms with Crippen LogP contribution in [0.3, 0.4) is 0 Å². The van der Waals surface area contributed by atoms with E-state index in [0.717, 1.165) is 0 Å². The van der Waals surface area contributed by atoms with Crippen molar-refractivity contribution in [3.05, 3.63) is 54.1 Å². The van der Waals surface area contributed by atoms with Gasteiger partial charge in [0, 0.05) is 18.3 Å². The van der Waals surface area contributed by atoms with Crippen LogP contribution in [0.25, 0.3) is 0 Å². The molecule has 8 heteroatoms. The number of anilines is 2. The van der Waals surface area contributed by atoms with Crippen LogP contribution < -0.4 is 15.4 Å². The highest BCUT2D eigenvalue weighted by molar-refractivity contribution is 5.94. The van der Waals surface area contributed by atoms with Crippen LogP contribution in [0.2, 0.25) is 0 Å². The highest BCUT2D eigenvalue weighted by Gasteiger charge is 2.09. The highest BCUT2D eigenvalue weighted by Crippen LogP contribution is 2.15. The van der Waals surface area contributed by atoms with Crippen LogP contribution in [0.15, 0.2) is 48.5 Å². The molecule has 0 aromatic heterocycles. The third-order valence-corrected chi connectivity index (χ3v) is 3.17. The number of hydrogen-bond donors (Lipinski definition) is 2. The molecule has 138 valence electrons. The van der Waals surface area contributed by atoms with Crippen molar-refractivity contribution in [1.29, 1.82) is 5.26 Å². The molecule has 0 aliphatic rings. The van der Waals surface area contributed by atoms with E-state index in [1.54, 1.807) is 48.5 Å². The number of nitriles is 1. The number of rotatable bonds is 7. The van der Waals surface area contributed by atoms with E-state index in [0.29, 0.717) is 22.7 Å². The minimum atomic E-state index is -0.707. The summed E-state index contributed by atoms with van der Waals surface area (Å²) in [6, 6.07) is 14.8. The molecule has 8 nitrogen and oxygen atoms in total. The van der Waals surface area contributed by atoms with E-state index in [1.807, 2.05) is 6.07 Å². The first kappa shape index (κ1) is 19.5. The van der Waals surface area contributed by atoms with Crippen molar-refractivity contribution < 1.29 is 23.9 Å². The second-order valence-electron chi connectivity index (χ2n) is 5.40. The van der Waals surface area contributed by atoms with E-state index >= 15 is 0 Å². The summed E-state index contributed by atoms with van der Waals surface area (Å²) in [4.78, 5) is 34.5. The van der Waals surface area contributed by atoms with Crippen LogP contribution in [0.5, 0.6) is 5.75 Å². The Morgan fingerprint density at radius 2 is 1.67 bits per heavy atom. The summed E-state index contributed by atoms with van der Waals surface area (Å²) in [5, 5.41) is 13.9. The summed E-state index contributed by atoms with van der Waals surface area (Å²) in [7, 11) is 0. The lowest BCUT2D eigenvalue weighted by atomic mass is 10.2. The lowest BCUT2D eigenvalue weighted by Crippen LogP contribution is -2.23. The van der Waals surface area contributed by atoms with Crippen molar-refractivity contribution in [3.8, 4) is 11.8 Å². The Kier molecular flexibility index (Phi) is 6.91. The van der Waals surface area contributed by atoms with Gasteiger partial charge in [-0.1, -0.05) is 6.07 Å². The SMILES string of the molecule is CC(=O)Nc1cccc(NC(=O)COC(=O)COc2ccc(C#N)cc2)c1. The zero-order chi connectivity index (χ0) is 19.6. The second-order valence-corrected chi connectivity index (χ2v) is 5.40. The van der Waals surface area contributed by atoms with E-state index in [-0.39, 0.29) is 12.5 Å². The van der Waals surface area contributed by atoms with Gasteiger partial charge in [0.05, 0.1) is 11.6 Å². The minimum Gasteiger partial charge on any atom is -0.482 e. The second kappa shape index (κ2) is 9.58. The maximum atomic E-state index is 11.8. The lowest BCUT2D eigenvalue weighted by molar-refractivity contribution is -0.149. The van der Waals surface area contributed by atoms with Gasteiger partial charge in [-0.3, -0.25) is 9.59 Å². The Hall–Kier alpha value is -3.86. The summed E-state index contributed by atoms with van der Waals surface area (Å²) in [5.74, 6) is -1.05. The standard InChI is InChI=1S/C19H17N3O5/c1-13(23)21-15-3-2-4-16(9-15)22-18(24)11-27-19(25)12-26-17-7-5-14(10-20)6-8-17/h2-9H,11-12H2,1H3,(H,21,23)(H,22,24). The van der Waals surface area contributed by atoms with Gasteiger partial charge < -0.3 is 20.1 Å². The largest absolute Gasteiger partial charge is 0.482 e. The molecule has 0 saturated carbocycles. The van der Waals surface area contributed by atoms with Crippen LogP contribution in [0.4, 0.5) is 11.4 Å². The van der Waals surface area contributed by atoms with Gasteiger partial charge in [-0.15, -0.1) is 0 Å². The van der Waals surface area contributed by atoms with Gasteiger partial charge in [0.15, 0.2) is 13.2 Å². The summed E-state index contributed by atoms with van der Waals surface area (Å²) >= 11 is 0. The van der Waals surface area contributed by atoms with E-state index < -0.39 is 18.5 Å². The maximum absolute atomic E-state index is 11.8. The van der Waals surface area contributed by atoms with Gasteiger partial charge in [-0.05, 0) is 42.5 Å². The van der Waals surface area contributed by atoms with Crippen molar-refractivity contribution in [2.45, 2.75) is 6.92 Å². The topological polar surface area (TPSA) is 118 Å². The molecule has 2 aromatic rings. The Morgan fingerprint density at radius 3 is 2.30 bits per heavy atom. The summed E-state index contributed by atoms with van der Waals surface area (Å²) < 4.78 is 10.1. The zero-order valence-electron chi connectivity index (χ0n) is 14.5. The monoisotopic (exact) mass is 367 g/mol. The van der Waals surface area contributed by atoms with Crippen LogP contribution in [0.1, 0.15) is 12.5 Å². The lowest BCUT2D eigenvalue weighted by Gasteiger charge is -2.09. The zero-order valence-corrected chi connectivity index (χ0v) is 14.5. The number of amides is 2. The third-order valence-electron chi connectivity index (χ3n) is 3.17. The molecule has 0 spiro atoms. The molecule has 2 amide bonds. The molecule has 0 fully saturated rings. The van der Waals surface area contributed by atoms with Crippen LogP contribution in [-0.4, -0.2) is 31.0 Å². The maximum Gasteiger partial charge on any atom is 0.344 e. The first-order valence-corrected chi connectivity index (χ1v) is 7.92. The van der Waals surface area contributed by atoms with Crippen LogP contribution in [-0.2, 0) is 19.1 Å². The van der Waals surface area contributed by atoms with Crippen molar-refractivity contribution in [3.63, 3.8) is 0 Å². The molecule has 0 saturated heterocycles. The summed E-state index contributed by atoms with van der Waals surface area (Å²) in [6.45, 7) is 0.543. The van der Waals surface area contributed by atoms with E-state index in [9.17, 15) is 14.4 Å². The van der Waals surface area contributed by atoms with Crippen molar-refractivity contribution in [1.82, 2.24) is 0 Å². The quantitative estimate of drug-likeness (QED) is 0.724. The Morgan fingerprint density at radius 1 is 1.00 bits per heavy atom. The Balaban J connectivity index is 1.75. The van der Waals surface area contributed by atoms with Gasteiger partial charge >= 0.3 is 5.97 Å². The van der Waals surface area contributed by atoms with Crippen LogP contribution in [0, 0.1) is 11.3 Å². The molecular weight excluding hydrogens is 350 g/mol. The fourth-order valence-electron chi connectivity index (χ4n) is 2.03. The van der Waals surface area contributed by atoms with Crippen LogP contribution >= 0.6 is 0 Å². The molecule has 2 rings (SSSR count). The van der Waals surface area contributed by atoms with Gasteiger partial charge in [0.1, 0.15) is 5.75 Å². The van der Waals surface area contributed by atoms with E-state index in [2.05, 4.69) is 10.6 Å². The van der Waals surface area contributed by atoms with Gasteiger partial charge in [-0.25, -0.2) is 4.79 Å². The molecule has 0 unspecified atom stereocenters. The molecule has 2 aromatic carbocycles. The number of ether oxygens (including phenoxy) is 2. The molecule has 0 heterocycles. The highest BCUT2D eigenvalue weighted by atomic mass is 16.6. The van der Waals surface area contributed by atoms with Crippen molar-refractivity contribution >= 4 is 29.2 Å². The molecule has 0 aliphatic heterocycles. The van der Waals surface area contributed by atoms with Gasteiger partial charge in [0.25, 0.3) is 5.91 Å². The first-order valence-electron chi connectivity index (χ1n) is 7.92. The fourth-order valence-corrected chi connectivity index (χ4v) is 2.03. The smallest absolute Gasteiger partial charge is 0.344 e. The fraction of sp³-hybridized carbons (Fsp3) is 0.158. The Bertz CT molecular complexity index is 872. The number of carbonyl (C=O) groups excluding carboxylic acids is 3. The molecule has 0 aliphatic carbocycles. The molecule has 0 bridgehead atoms. The third kappa shape index (κ3) is 6.88. The molecule has 27 heavy (non-hydrogen) atoms. The minimum absolute atomic E-state index is 0.227. The summed E-state index contributed by atoms with van der Waals surface area (Å²) in [5.41, 5.74) is 1.47. The molecule has 0 atom stereocenters. The number of esters is 1. The first-order chi connectivity index (χ1) is 13.0. The molecule has 0 radical (unpaired) electrons. The van der Waals surface area contributed by atoms with Gasteiger partial charge in [-0.2, -0.15) is 5.26 Å². The number of nitrogens with one attached hydrogen (secondary N) is 2. The Labute approximate surface area is 155 Å². The average molecular weight is 367 g/mol. The molecule has 2 N–H and O–H groups in total. The van der Waals surface area contributed by atoms with E-state index in [4.69, 9.17) is 14.7 Å². The number of hydrogen-bond acceptors (Lipinski definition) is 6. The van der Waals surface area contributed by atoms with Crippen molar-refractivity contribution in [2.24, 2.45) is 0 Å². The molecular formula is C19H17N3O5. The number of nitrogens with zero attached hydrogens (tertiary/aromatic N) is 1. The average Bonchev–Trinajstić information content (AvgIpc) is 2.65. The number of benzene rings is 2. The predicted molar refractivity (Wildman–Crippen MR) is 97.0 cm³/mol. The van der Waals surface area contributed by atoms with E-state index in [1.165, 1.54) is 6.92 Å². The summed E-state index contributed by atoms with van der Waals surface area (Å²) in [6.07, 6.45) is 0. The number of carbonyl (C=O) groups is 3. The predicted octanol–water partition coefficient (Wildman–Crippen LogP) is 2.08.